The van der Waals surface area contributed by atoms with Crippen molar-refractivity contribution in [3.05, 3.63) is 28.8 Å². The van der Waals surface area contributed by atoms with Gasteiger partial charge in [0.2, 0.25) is 0 Å². The van der Waals surface area contributed by atoms with Crippen LogP contribution in [0.4, 0.5) is 0 Å². The first-order valence-electron chi connectivity index (χ1n) is 6.20. The summed E-state index contributed by atoms with van der Waals surface area (Å²) in [5.41, 5.74) is 0.233. The number of halogens is 1. The van der Waals surface area contributed by atoms with Crippen LogP contribution in [0.25, 0.3) is 0 Å². The van der Waals surface area contributed by atoms with Crippen LogP contribution in [0.15, 0.2) is 18.2 Å². The Morgan fingerprint density at radius 3 is 2.47 bits per heavy atom. The van der Waals surface area contributed by atoms with Crippen molar-refractivity contribution in [2.24, 2.45) is 0 Å². The molecule has 0 amide bonds. The van der Waals surface area contributed by atoms with Gasteiger partial charge >= 0.3 is 0 Å². The molecule has 0 aromatic heterocycles. The first kappa shape index (κ1) is 12.7. The van der Waals surface area contributed by atoms with Gasteiger partial charge in [0.25, 0.3) is 0 Å². The molecule has 0 aliphatic heterocycles. The van der Waals surface area contributed by atoms with E-state index in [-0.39, 0.29) is 6.10 Å². The fourth-order valence-corrected chi connectivity index (χ4v) is 2.61. The molecule has 1 aromatic rings. The van der Waals surface area contributed by atoms with Gasteiger partial charge in [-0.1, -0.05) is 30.5 Å². The summed E-state index contributed by atoms with van der Waals surface area (Å²) >= 11 is 6.18. The zero-order valence-electron chi connectivity index (χ0n) is 10.4. The smallest absolute Gasteiger partial charge is 0.138 e. The Kier molecular flexibility index (Phi) is 3.64. The molecule has 1 aliphatic rings. The lowest BCUT2D eigenvalue weighted by molar-refractivity contribution is 0.0444. The second-order valence-electron chi connectivity index (χ2n) is 5.05. The van der Waals surface area contributed by atoms with Crippen molar-refractivity contribution in [2.45, 2.75) is 51.2 Å². The zero-order chi connectivity index (χ0) is 12.5. The predicted octanol–water partition coefficient (Wildman–Crippen LogP) is 3.89. The molecule has 0 radical (unpaired) electrons. The Hall–Kier alpha value is -0.730. The fourth-order valence-electron chi connectivity index (χ4n) is 2.39. The van der Waals surface area contributed by atoms with Crippen molar-refractivity contribution in [3.63, 3.8) is 0 Å². The van der Waals surface area contributed by atoms with Crippen LogP contribution in [-0.2, 0) is 5.60 Å². The highest BCUT2D eigenvalue weighted by Gasteiger charge is 2.33. The van der Waals surface area contributed by atoms with E-state index in [1.165, 1.54) is 0 Å². The fraction of sp³-hybridized carbons (Fsp3) is 0.571. The van der Waals surface area contributed by atoms with Gasteiger partial charge in [-0.3, -0.25) is 0 Å². The molecule has 2 nitrogen and oxygen atoms in total. The van der Waals surface area contributed by atoms with Crippen LogP contribution in [-0.4, -0.2) is 11.2 Å². The second kappa shape index (κ2) is 4.87. The summed E-state index contributed by atoms with van der Waals surface area (Å²) in [6.07, 6.45) is 3.92. The van der Waals surface area contributed by atoms with Gasteiger partial charge in [0.1, 0.15) is 5.75 Å². The first-order chi connectivity index (χ1) is 8.01. The summed E-state index contributed by atoms with van der Waals surface area (Å²) in [6, 6.07) is 5.62. The molecule has 1 N–H and O–H groups in total. The van der Waals surface area contributed by atoms with Gasteiger partial charge in [0, 0.05) is 0 Å². The molecule has 0 bridgehead atoms. The molecule has 1 aromatic carbocycles. The van der Waals surface area contributed by atoms with Crippen LogP contribution >= 0.6 is 11.6 Å². The van der Waals surface area contributed by atoms with Crippen LogP contribution in [0, 0.1) is 0 Å². The Morgan fingerprint density at radius 2 is 1.94 bits per heavy atom. The van der Waals surface area contributed by atoms with Crippen LogP contribution in [0.3, 0.4) is 0 Å². The third kappa shape index (κ3) is 2.75. The highest BCUT2D eigenvalue weighted by atomic mass is 35.5. The predicted molar refractivity (Wildman–Crippen MR) is 69.6 cm³/mol. The summed E-state index contributed by atoms with van der Waals surface area (Å²) in [7, 11) is 0. The number of hydrogen-bond donors (Lipinski definition) is 1. The van der Waals surface area contributed by atoms with Gasteiger partial charge in [-0.2, -0.15) is 0 Å². The molecule has 1 saturated carbocycles. The first-order valence-corrected chi connectivity index (χ1v) is 6.58. The van der Waals surface area contributed by atoms with E-state index < -0.39 is 5.60 Å². The van der Waals surface area contributed by atoms with E-state index in [9.17, 15) is 5.11 Å². The zero-order valence-corrected chi connectivity index (χ0v) is 11.1. The highest BCUT2D eigenvalue weighted by Crippen LogP contribution is 2.40. The number of hydrogen-bond acceptors (Lipinski definition) is 2. The van der Waals surface area contributed by atoms with E-state index >= 15 is 0 Å². The van der Waals surface area contributed by atoms with Crippen LogP contribution in [0.1, 0.15) is 45.1 Å². The molecular formula is C14H19ClO2. The van der Waals surface area contributed by atoms with Crippen molar-refractivity contribution in [3.8, 4) is 5.75 Å². The van der Waals surface area contributed by atoms with Crippen molar-refractivity contribution in [1.82, 2.24) is 0 Å². The summed E-state index contributed by atoms with van der Waals surface area (Å²) in [5.74, 6) is 0.687. The molecule has 1 aliphatic carbocycles. The van der Waals surface area contributed by atoms with Gasteiger partial charge < -0.3 is 9.84 Å². The third-order valence-corrected chi connectivity index (χ3v) is 3.56. The number of aliphatic hydroxyl groups is 1. The van der Waals surface area contributed by atoms with Gasteiger partial charge in [-0.25, -0.2) is 0 Å². The molecule has 17 heavy (non-hydrogen) atoms. The maximum Gasteiger partial charge on any atom is 0.138 e. The highest BCUT2D eigenvalue weighted by molar-refractivity contribution is 6.32. The van der Waals surface area contributed by atoms with Gasteiger partial charge in [0.15, 0.2) is 0 Å². The molecule has 0 atom stereocenters. The number of benzene rings is 1. The molecule has 3 heteroatoms. The second-order valence-corrected chi connectivity index (χ2v) is 5.46. The largest absolute Gasteiger partial charge is 0.489 e. The summed E-state index contributed by atoms with van der Waals surface area (Å²) in [4.78, 5) is 0. The Labute approximate surface area is 108 Å². The molecule has 1 fully saturated rings. The van der Waals surface area contributed by atoms with Crippen molar-refractivity contribution in [1.29, 1.82) is 0 Å². The van der Waals surface area contributed by atoms with E-state index in [1.54, 1.807) is 0 Å². The minimum Gasteiger partial charge on any atom is -0.489 e. The summed E-state index contributed by atoms with van der Waals surface area (Å²) in [5, 5.41) is 11.0. The maximum absolute atomic E-state index is 10.5. The number of ether oxygens (including phenoxy) is 1. The topological polar surface area (TPSA) is 29.5 Å². The SMILES string of the molecule is CC(C)Oc1ccc(C2(O)CCCC2)cc1Cl. The molecule has 94 valence electrons. The quantitative estimate of drug-likeness (QED) is 0.887. The standard InChI is InChI=1S/C14H19ClO2/c1-10(2)17-13-6-5-11(9-12(13)15)14(16)7-3-4-8-14/h5-6,9-10,16H,3-4,7-8H2,1-2H3. The van der Waals surface area contributed by atoms with E-state index in [0.29, 0.717) is 10.8 Å². The minimum atomic E-state index is -0.681. The maximum atomic E-state index is 10.5. The third-order valence-electron chi connectivity index (χ3n) is 3.26. The molecule has 0 saturated heterocycles. The monoisotopic (exact) mass is 254 g/mol. The van der Waals surface area contributed by atoms with Gasteiger partial charge in [-0.05, 0) is 44.4 Å². The Morgan fingerprint density at radius 1 is 1.29 bits per heavy atom. The summed E-state index contributed by atoms with van der Waals surface area (Å²) in [6.45, 7) is 3.93. The average Bonchev–Trinajstić information content (AvgIpc) is 2.69. The van der Waals surface area contributed by atoms with E-state index in [0.717, 1.165) is 31.2 Å². The molecule has 0 heterocycles. The van der Waals surface area contributed by atoms with Gasteiger partial charge in [-0.15, -0.1) is 0 Å². The molecule has 0 unspecified atom stereocenters. The number of rotatable bonds is 3. The average molecular weight is 255 g/mol. The lowest BCUT2D eigenvalue weighted by atomic mass is 9.92. The van der Waals surface area contributed by atoms with Crippen LogP contribution in [0.5, 0.6) is 5.75 Å². The lowest BCUT2D eigenvalue weighted by Crippen LogP contribution is -2.20. The van der Waals surface area contributed by atoms with Crippen LogP contribution < -0.4 is 4.74 Å². The Balaban J connectivity index is 2.24. The van der Waals surface area contributed by atoms with E-state index in [2.05, 4.69) is 0 Å². The van der Waals surface area contributed by atoms with Crippen molar-refractivity contribution >= 4 is 11.6 Å². The molecule has 0 spiro atoms. The van der Waals surface area contributed by atoms with E-state index in [1.807, 2.05) is 32.0 Å². The lowest BCUT2D eigenvalue weighted by Gasteiger charge is -2.23. The van der Waals surface area contributed by atoms with Crippen molar-refractivity contribution < 1.29 is 9.84 Å². The van der Waals surface area contributed by atoms with Crippen molar-refractivity contribution in [2.75, 3.05) is 0 Å². The van der Waals surface area contributed by atoms with E-state index in [4.69, 9.17) is 16.3 Å². The van der Waals surface area contributed by atoms with Crippen LogP contribution in [0.2, 0.25) is 5.02 Å². The minimum absolute atomic E-state index is 0.105. The molecular weight excluding hydrogens is 236 g/mol. The van der Waals surface area contributed by atoms with Gasteiger partial charge in [0.05, 0.1) is 16.7 Å². The normalized spacial score (nSPS) is 18.6. The summed E-state index contributed by atoms with van der Waals surface area (Å²) < 4.78 is 5.58. The Bertz CT molecular complexity index is 395. The molecule has 2 rings (SSSR count).